The molecule has 10 aliphatic rings. The van der Waals surface area contributed by atoms with Crippen molar-refractivity contribution < 1.29 is 142 Å². The second-order valence-electron chi connectivity index (χ2n) is 39.3. The quantitative estimate of drug-likeness (QED) is 0.0193. The van der Waals surface area contributed by atoms with Crippen molar-refractivity contribution in [2.75, 3.05) is 0 Å². The van der Waals surface area contributed by atoms with Gasteiger partial charge >= 0.3 is 116 Å². The monoisotopic (exact) mass is 1780 g/mol. The average molecular weight is 1780 g/mol. The Morgan fingerprint density at radius 1 is 0.318 bits per heavy atom. The van der Waals surface area contributed by atoms with Crippen molar-refractivity contribution in [1.29, 1.82) is 0 Å². The summed E-state index contributed by atoms with van der Waals surface area (Å²) in [5.41, 5.74) is -0.655. The number of aliphatic carboxylic acids is 4. The van der Waals surface area contributed by atoms with Gasteiger partial charge in [-0.2, -0.15) is 0 Å². The summed E-state index contributed by atoms with van der Waals surface area (Å²) in [6.07, 6.45) is 13.7. The molecule has 0 spiro atoms. The summed E-state index contributed by atoms with van der Waals surface area (Å²) in [6.45, 7) is 51.1. The van der Waals surface area contributed by atoms with Crippen molar-refractivity contribution in [3.05, 3.63) is 0 Å². The van der Waals surface area contributed by atoms with Gasteiger partial charge in [-0.05, 0) is 255 Å². The molecule has 8 aliphatic carbocycles. The number of carboxylic acid groups (broad SMARTS) is 4. The van der Waals surface area contributed by atoms with Crippen LogP contribution < -0.4 is 0 Å². The number of carbonyl (C=O) groups is 8. The molecule has 26 atom stereocenters. The van der Waals surface area contributed by atoms with E-state index in [-0.39, 0.29) is 102 Å². The van der Waals surface area contributed by atoms with Gasteiger partial charge in [0.1, 0.15) is 0 Å². The van der Waals surface area contributed by atoms with Crippen molar-refractivity contribution >= 4 is 150 Å². The number of hydrogen-bond donors (Lipinski definition) is 4. The van der Waals surface area contributed by atoms with E-state index in [9.17, 15) is 58.8 Å². The molecule has 24 nitrogen and oxygen atoms in total. The maximum atomic E-state index is 13.1. The van der Waals surface area contributed by atoms with Gasteiger partial charge in [0.25, 0.3) is 0 Å². The summed E-state index contributed by atoms with van der Waals surface area (Å²) in [7, 11) is -33.9. The van der Waals surface area contributed by atoms with E-state index >= 15 is 0 Å². The van der Waals surface area contributed by atoms with E-state index in [0.717, 1.165) is 82.7 Å². The smallest absolute Gasteiger partial charge is 0.320 e. The molecular weight excluding hydrogens is 1650 g/mol. The molecule has 2 aliphatic heterocycles. The van der Waals surface area contributed by atoms with E-state index in [2.05, 4.69) is 138 Å². The molecule has 107 heavy (non-hydrogen) atoms. The van der Waals surface area contributed by atoms with Crippen LogP contribution in [0.15, 0.2) is 0 Å². The van der Waals surface area contributed by atoms with Gasteiger partial charge in [-0.15, -0.1) is 0 Å². The molecule has 8 saturated carbocycles. The number of fused-ring (bicyclic) bond motifs is 14. The first-order valence-electron chi connectivity index (χ1n) is 39.9. The van der Waals surface area contributed by atoms with E-state index in [1.54, 1.807) is 0 Å². The van der Waals surface area contributed by atoms with Crippen LogP contribution in [0.4, 0.5) is 0 Å². The normalized spacial score (nSPS) is 35.5. The Labute approximate surface area is 675 Å². The first-order chi connectivity index (χ1) is 48.4. The fourth-order valence-corrected chi connectivity index (χ4v) is 85.7. The first-order valence-corrected chi connectivity index (χ1v) is 73.8. The number of carboxylic acids is 4. The Morgan fingerprint density at radius 3 is 0.916 bits per heavy atom. The number of carbonyl (C=O) groups excluding carboxylic acids is 4. The fourth-order valence-electron chi connectivity index (χ4n) is 23.1. The Kier molecular flexibility index (Phi) is 28.8. The van der Waals surface area contributed by atoms with Gasteiger partial charge in [-0.1, -0.05) is 65.2 Å². The number of rotatable bonds is 38. The zero-order chi connectivity index (χ0) is 79.4. The third kappa shape index (κ3) is 20.7. The van der Waals surface area contributed by atoms with Crippen LogP contribution in [0.5, 0.6) is 0 Å². The second-order valence-corrected chi connectivity index (χ2v) is 86.6. The van der Waals surface area contributed by atoms with E-state index < -0.39 is 197 Å². The predicted octanol–water partition coefficient (Wildman–Crippen LogP) is 15.5. The van der Waals surface area contributed by atoms with Gasteiger partial charge in [0, 0.05) is 54.9 Å². The van der Waals surface area contributed by atoms with Crippen LogP contribution in [0.2, 0.25) is 178 Å². The number of esters is 4. The SMILES string of the molecule is CCCCCC[Si](C)(O[Si](C)(C)C)O[Si](C)(C)O[Si](C)(O[Si](C)(O[Si](C)(C)C)C1CC2CC1C1C(=O)OC(=O)C21)C1CC2CC1C(C(=O)O)C2C(=O)O.CCCCCC[Si](C)(O[Si](C)(C)C)O[Si](C)(O[Si](C)(C)O[Si](C)(O[Si](C)(C)C)C1CC2CC1C1C(=O)OC(=O)C21)C1CC2CC1C(C(=O)O)C2C(=O)O.[Y]. The van der Waals surface area contributed by atoms with Crippen LogP contribution in [0.3, 0.4) is 0 Å². The van der Waals surface area contributed by atoms with Crippen LogP contribution >= 0.6 is 0 Å². The van der Waals surface area contributed by atoms with E-state index in [1.165, 1.54) is 0 Å². The zero-order valence-corrected chi connectivity index (χ0v) is 83.6. The molecule has 10 fully saturated rings. The van der Waals surface area contributed by atoms with Crippen LogP contribution in [0.25, 0.3) is 0 Å². The molecule has 26 unspecified atom stereocenters. The molecule has 0 aromatic rings. The fraction of sp³-hybridized carbons (Fsp3) is 0.886. The molecule has 0 aromatic carbocycles. The summed E-state index contributed by atoms with van der Waals surface area (Å²) < 4.78 is 83.4. The predicted molar refractivity (Wildman–Crippen MR) is 427 cm³/mol. The van der Waals surface area contributed by atoms with Crippen LogP contribution in [-0.4, -0.2) is 170 Å². The Hall–Kier alpha value is -0.534. The summed E-state index contributed by atoms with van der Waals surface area (Å²) >= 11 is 0. The summed E-state index contributed by atoms with van der Waals surface area (Å²) in [4.78, 5) is 102. The molecule has 0 aromatic heterocycles. The van der Waals surface area contributed by atoms with Crippen molar-refractivity contribution in [3.63, 3.8) is 0 Å². The van der Waals surface area contributed by atoms with Crippen LogP contribution in [0, 0.1) is 94.7 Å². The summed E-state index contributed by atoms with van der Waals surface area (Å²) in [6, 6.07) is 1.64. The molecule has 2 saturated heterocycles. The first kappa shape index (κ1) is 92.0. The summed E-state index contributed by atoms with van der Waals surface area (Å²) in [5.74, 6) is -13.1. The molecule has 2 heterocycles. The topological polar surface area (TPSA) is 328 Å². The van der Waals surface area contributed by atoms with Crippen molar-refractivity contribution in [1.82, 2.24) is 0 Å². The molecule has 10 rings (SSSR count). The van der Waals surface area contributed by atoms with Gasteiger partial charge in [-0.3, -0.25) is 38.4 Å². The number of unbranched alkanes of at least 4 members (excludes halogenated alkanes) is 6. The van der Waals surface area contributed by atoms with Crippen LogP contribution in [-0.2, 0) is 122 Å². The number of ether oxygens (including phenoxy) is 2. The minimum absolute atomic E-state index is 0. The maximum Gasteiger partial charge on any atom is 0.320 e. The van der Waals surface area contributed by atoms with Gasteiger partial charge in [0.05, 0.1) is 47.3 Å². The van der Waals surface area contributed by atoms with Gasteiger partial charge in [0.2, 0.25) is 0 Å². The van der Waals surface area contributed by atoms with E-state index in [4.69, 9.17) is 50.6 Å². The molecule has 607 valence electrons. The molecule has 8 bridgehead atoms. The zero-order valence-electron chi connectivity index (χ0n) is 68.8. The van der Waals surface area contributed by atoms with Crippen molar-refractivity contribution in [2.45, 2.75) is 295 Å². The largest absolute Gasteiger partial charge is 0.481 e. The molecule has 4 N–H and O–H groups in total. The molecule has 1 radical (unpaired) electrons. The van der Waals surface area contributed by atoms with E-state index in [0.29, 0.717) is 32.1 Å². The minimum Gasteiger partial charge on any atom is -0.481 e. The van der Waals surface area contributed by atoms with Gasteiger partial charge < -0.3 is 71.1 Å². The minimum atomic E-state index is -3.52. The number of cyclic esters (lactones) is 4. The maximum absolute atomic E-state index is 13.1. The van der Waals surface area contributed by atoms with Crippen LogP contribution in [0.1, 0.15) is 117 Å². The average Bonchev–Trinajstić information content (AvgIpc) is 1.09. The third-order valence-electron chi connectivity index (χ3n) is 25.0. The van der Waals surface area contributed by atoms with Crippen molar-refractivity contribution in [3.8, 4) is 0 Å². The standard InChI is InChI=1S/2C35H66O12Si6.Y/c1-13-14-15-16-17-51(10,43-48(2,3)4)47-53(12,26-20-22-18-24(26)30(33(38)39)28(22)32(36)37)46-50(8,9)45-52(11,44-49(5,6)7)27-21-23-19-25(27)31-29(23)34(40)42-35(31)41;1-13-14-15-16-17-51(10,43-48(2,3)4)45-50(8,9)46-53(12,26-20-22-18-24(26)30(33(38)39)28(22)32(36)37)47-52(11,44-49(5,6)7)27-21-23-19-25(27)31-29(23)34(40)42-35(31)41;/h2*22-31H,13-21H2,1-12H3,(H,36,37)(H,38,39);. The third-order valence-corrected chi connectivity index (χ3v) is 73.1. The Morgan fingerprint density at radius 2 is 0.589 bits per heavy atom. The van der Waals surface area contributed by atoms with E-state index in [1.807, 2.05) is 19.6 Å². The van der Waals surface area contributed by atoms with Crippen molar-refractivity contribution in [2.24, 2.45) is 94.7 Å². The Balaban J connectivity index is 0.000000267. The molecular formula is C70H132O24Si12Y. The number of hydrogen-bond acceptors (Lipinski definition) is 20. The molecule has 37 heteroatoms. The second kappa shape index (κ2) is 33.5. The van der Waals surface area contributed by atoms with Gasteiger partial charge in [0.15, 0.2) is 33.3 Å². The Bertz CT molecular complexity index is 3300. The van der Waals surface area contributed by atoms with Gasteiger partial charge in [-0.25, -0.2) is 0 Å². The molecule has 0 amide bonds. The summed E-state index contributed by atoms with van der Waals surface area (Å²) in [5, 5.41) is 41.3.